The summed E-state index contributed by atoms with van der Waals surface area (Å²) in [5.74, 6) is -1.23. The fraction of sp³-hybridized carbons (Fsp3) is 0.571. The molecule has 0 radical (unpaired) electrons. The van der Waals surface area contributed by atoms with Crippen LogP contribution >= 0.6 is 0 Å². The molecule has 0 aromatic heterocycles. The van der Waals surface area contributed by atoms with Crippen LogP contribution in [-0.4, -0.2) is 30.4 Å². The zero-order chi connectivity index (χ0) is 19.3. The molecule has 142 valence electrons. The maximum atomic E-state index is 12.0. The third-order valence-corrected chi connectivity index (χ3v) is 4.66. The number of aryl methyl sites for hydroxylation is 1. The Kier molecular flexibility index (Phi) is 6.57. The van der Waals surface area contributed by atoms with Crippen LogP contribution in [0.4, 0.5) is 0 Å². The quantitative estimate of drug-likeness (QED) is 0.571. The Labute approximate surface area is 155 Å². The second-order valence-electron chi connectivity index (χ2n) is 7.86. The molecule has 1 aliphatic rings. The summed E-state index contributed by atoms with van der Waals surface area (Å²) in [6, 6.07) is 7.41. The van der Waals surface area contributed by atoms with Gasteiger partial charge < -0.3 is 9.47 Å². The second kappa shape index (κ2) is 8.47. The highest BCUT2D eigenvalue weighted by Crippen LogP contribution is 2.33. The van der Waals surface area contributed by atoms with Crippen molar-refractivity contribution in [3.8, 4) is 0 Å². The third kappa shape index (κ3) is 5.41. The van der Waals surface area contributed by atoms with E-state index in [1.165, 1.54) is 7.11 Å². The number of hydrogen-bond acceptors (Lipinski definition) is 5. The molecule has 0 aliphatic heterocycles. The lowest BCUT2D eigenvalue weighted by Gasteiger charge is -2.19. The minimum absolute atomic E-state index is 0.00330. The molecule has 0 bridgehead atoms. The monoisotopic (exact) mass is 360 g/mol. The number of ketones is 1. The van der Waals surface area contributed by atoms with Crippen LogP contribution in [0.5, 0.6) is 0 Å². The average molecular weight is 360 g/mol. The molecule has 2 atom stereocenters. The summed E-state index contributed by atoms with van der Waals surface area (Å²) in [5.41, 5.74) is 1.15. The van der Waals surface area contributed by atoms with Crippen LogP contribution in [-0.2, 0) is 25.5 Å². The molecule has 0 spiro atoms. The van der Waals surface area contributed by atoms with Crippen LogP contribution in [0.1, 0.15) is 62.4 Å². The summed E-state index contributed by atoms with van der Waals surface area (Å²) < 4.78 is 10.1. The van der Waals surface area contributed by atoms with Gasteiger partial charge in [-0.05, 0) is 70.1 Å². The molecule has 1 aliphatic carbocycles. The molecule has 0 saturated heterocycles. The molecule has 26 heavy (non-hydrogen) atoms. The summed E-state index contributed by atoms with van der Waals surface area (Å²) in [5, 5.41) is 0. The summed E-state index contributed by atoms with van der Waals surface area (Å²) in [6.07, 6.45) is 3.77. The normalized spacial score (nSPS) is 20.1. The van der Waals surface area contributed by atoms with Gasteiger partial charge in [0, 0.05) is 6.42 Å². The van der Waals surface area contributed by atoms with E-state index in [0.717, 1.165) is 31.2 Å². The number of methoxy groups -OCH3 is 1. The van der Waals surface area contributed by atoms with E-state index in [2.05, 4.69) is 0 Å². The van der Waals surface area contributed by atoms with Gasteiger partial charge in [0.05, 0.1) is 12.7 Å². The fourth-order valence-electron chi connectivity index (χ4n) is 3.39. The topological polar surface area (TPSA) is 69.7 Å². The van der Waals surface area contributed by atoms with Crippen molar-refractivity contribution >= 4 is 17.7 Å². The zero-order valence-corrected chi connectivity index (χ0v) is 16.0. The van der Waals surface area contributed by atoms with Crippen molar-refractivity contribution in [3.63, 3.8) is 0 Å². The highest BCUT2D eigenvalue weighted by atomic mass is 16.6. The minimum atomic E-state index is -0.588. The van der Waals surface area contributed by atoms with Gasteiger partial charge in [-0.3, -0.25) is 9.59 Å². The van der Waals surface area contributed by atoms with Gasteiger partial charge in [0.1, 0.15) is 17.3 Å². The van der Waals surface area contributed by atoms with E-state index >= 15 is 0 Å². The Balaban J connectivity index is 1.86. The van der Waals surface area contributed by atoms with Crippen LogP contribution in [0.3, 0.4) is 0 Å². The molecule has 1 aromatic rings. The van der Waals surface area contributed by atoms with E-state index < -0.39 is 17.5 Å². The Morgan fingerprint density at radius 1 is 1.15 bits per heavy atom. The van der Waals surface area contributed by atoms with Gasteiger partial charge in [-0.1, -0.05) is 12.1 Å². The average Bonchev–Trinajstić information content (AvgIpc) is 2.94. The van der Waals surface area contributed by atoms with E-state index in [9.17, 15) is 14.4 Å². The van der Waals surface area contributed by atoms with Crippen LogP contribution in [0.15, 0.2) is 24.3 Å². The Hall–Kier alpha value is -2.17. The van der Waals surface area contributed by atoms with Gasteiger partial charge in [-0.25, -0.2) is 4.79 Å². The van der Waals surface area contributed by atoms with Gasteiger partial charge >= 0.3 is 11.9 Å². The van der Waals surface area contributed by atoms with E-state index in [4.69, 9.17) is 9.47 Å². The molecule has 5 nitrogen and oxygen atoms in total. The van der Waals surface area contributed by atoms with Gasteiger partial charge in [0.15, 0.2) is 0 Å². The van der Waals surface area contributed by atoms with Crippen molar-refractivity contribution in [2.24, 2.45) is 11.8 Å². The number of esters is 2. The maximum absolute atomic E-state index is 12.0. The van der Waals surface area contributed by atoms with E-state index in [1.54, 1.807) is 12.1 Å². The highest BCUT2D eigenvalue weighted by Gasteiger charge is 2.40. The molecule has 2 unspecified atom stereocenters. The van der Waals surface area contributed by atoms with Gasteiger partial charge in [0.2, 0.25) is 0 Å². The zero-order valence-electron chi connectivity index (χ0n) is 16.0. The van der Waals surface area contributed by atoms with Crippen molar-refractivity contribution in [2.75, 3.05) is 7.11 Å². The number of hydrogen-bond donors (Lipinski definition) is 0. The number of carbonyl (C=O) groups is 3. The minimum Gasteiger partial charge on any atom is -0.468 e. The summed E-state index contributed by atoms with van der Waals surface area (Å²) in [7, 11) is 1.33. The summed E-state index contributed by atoms with van der Waals surface area (Å²) in [4.78, 5) is 35.7. The first kappa shape index (κ1) is 20.1. The largest absolute Gasteiger partial charge is 0.468 e. The fourth-order valence-corrected chi connectivity index (χ4v) is 3.39. The Morgan fingerprint density at radius 2 is 1.81 bits per heavy atom. The molecule has 1 saturated carbocycles. The van der Waals surface area contributed by atoms with Crippen LogP contribution in [0, 0.1) is 11.8 Å². The van der Waals surface area contributed by atoms with E-state index in [1.807, 2.05) is 32.9 Å². The van der Waals surface area contributed by atoms with Crippen molar-refractivity contribution in [1.82, 2.24) is 0 Å². The number of benzene rings is 1. The Morgan fingerprint density at radius 3 is 2.38 bits per heavy atom. The summed E-state index contributed by atoms with van der Waals surface area (Å²) >= 11 is 0. The van der Waals surface area contributed by atoms with Crippen LogP contribution in [0.25, 0.3) is 0 Å². The first-order valence-corrected chi connectivity index (χ1v) is 9.14. The first-order chi connectivity index (χ1) is 12.2. The van der Waals surface area contributed by atoms with Crippen LogP contribution in [0.2, 0.25) is 0 Å². The molecule has 5 heteroatoms. The van der Waals surface area contributed by atoms with Crippen molar-refractivity contribution in [2.45, 2.75) is 58.5 Å². The molecular formula is C21H28O5. The lowest BCUT2D eigenvalue weighted by atomic mass is 9.90. The van der Waals surface area contributed by atoms with E-state index in [-0.39, 0.29) is 17.7 Å². The molecule has 1 fully saturated rings. The third-order valence-electron chi connectivity index (χ3n) is 4.66. The number of ether oxygens (including phenoxy) is 2. The predicted molar refractivity (Wildman–Crippen MR) is 97.8 cm³/mol. The van der Waals surface area contributed by atoms with Crippen molar-refractivity contribution in [1.29, 1.82) is 0 Å². The van der Waals surface area contributed by atoms with Gasteiger partial charge in [0.25, 0.3) is 0 Å². The maximum Gasteiger partial charge on any atom is 0.338 e. The summed E-state index contributed by atoms with van der Waals surface area (Å²) in [6.45, 7) is 5.53. The SMILES string of the molecule is COC(=O)C1C(=O)CCC1CCCc1ccc(C(=O)OC(C)(C)C)cc1. The molecule has 0 N–H and O–H groups in total. The number of carbonyl (C=O) groups excluding carboxylic acids is 3. The molecule has 1 aromatic carbocycles. The Bertz CT molecular complexity index is 654. The lowest BCUT2D eigenvalue weighted by molar-refractivity contribution is -0.149. The van der Waals surface area contributed by atoms with Gasteiger partial charge in [-0.15, -0.1) is 0 Å². The van der Waals surface area contributed by atoms with Crippen molar-refractivity contribution < 1.29 is 23.9 Å². The number of rotatable bonds is 6. The van der Waals surface area contributed by atoms with Crippen molar-refractivity contribution in [3.05, 3.63) is 35.4 Å². The molecule has 0 heterocycles. The molecule has 2 rings (SSSR count). The van der Waals surface area contributed by atoms with Crippen LogP contribution < -0.4 is 0 Å². The first-order valence-electron chi connectivity index (χ1n) is 9.14. The predicted octanol–water partition coefficient (Wildman–Crippen LogP) is 3.73. The van der Waals surface area contributed by atoms with E-state index in [0.29, 0.717) is 12.0 Å². The lowest BCUT2D eigenvalue weighted by Crippen LogP contribution is -2.26. The molecule has 0 amide bonds. The van der Waals surface area contributed by atoms with Gasteiger partial charge in [-0.2, -0.15) is 0 Å². The smallest absolute Gasteiger partial charge is 0.338 e. The number of Topliss-reactive ketones (excluding diaryl/α,β-unsaturated/α-hetero) is 1. The highest BCUT2D eigenvalue weighted by molar-refractivity contribution is 6.00. The molecular weight excluding hydrogens is 332 g/mol. The second-order valence-corrected chi connectivity index (χ2v) is 7.86. The standard InChI is InChI=1S/C21H28O5/c1-21(2,3)26-19(23)16-10-8-14(9-11-16)6-5-7-15-12-13-17(22)18(15)20(24)25-4/h8-11,15,18H,5-7,12-13H2,1-4H3.